The third kappa shape index (κ3) is 5.13. The first-order chi connectivity index (χ1) is 14.2. The minimum Gasteiger partial charge on any atom is -0.334 e. The summed E-state index contributed by atoms with van der Waals surface area (Å²) in [5.74, 6) is 0.572. The van der Waals surface area contributed by atoms with Crippen LogP contribution in [-0.4, -0.2) is 15.6 Å². The number of para-hydroxylation sites is 1. The van der Waals surface area contributed by atoms with Crippen LogP contribution in [0, 0.1) is 5.92 Å². The highest BCUT2D eigenvalue weighted by Crippen LogP contribution is 2.36. The molecule has 0 amide bonds. The maximum atomic E-state index is 6.30. The highest BCUT2D eigenvalue weighted by atomic mass is 35.5. The number of rotatable bonds is 6. The highest BCUT2D eigenvalue weighted by Gasteiger charge is 2.29. The van der Waals surface area contributed by atoms with Crippen molar-refractivity contribution < 1.29 is 0 Å². The van der Waals surface area contributed by atoms with Gasteiger partial charge in [0.25, 0.3) is 0 Å². The summed E-state index contributed by atoms with van der Waals surface area (Å²) in [5, 5.41) is 1.23. The molecule has 4 nitrogen and oxygen atoms in total. The van der Waals surface area contributed by atoms with Crippen LogP contribution in [-0.2, 0) is 6.42 Å². The fourth-order valence-electron chi connectivity index (χ4n) is 4.33. The van der Waals surface area contributed by atoms with E-state index in [1.165, 1.54) is 18.4 Å². The first-order valence-corrected chi connectivity index (χ1v) is 10.9. The van der Waals surface area contributed by atoms with Crippen molar-refractivity contribution in [1.82, 2.24) is 15.0 Å². The summed E-state index contributed by atoms with van der Waals surface area (Å²) in [5.41, 5.74) is 8.89. The number of aromatic nitrogens is 2. The lowest BCUT2D eigenvalue weighted by Crippen LogP contribution is -2.36. The van der Waals surface area contributed by atoms with Gasteiger partial charge in [0.2, 0.25) is 0 Å². The first-order valence-electron chi connectivity index (χ1n) is 10.2. The minimum atomic E-state index is 0.315. The van der Waals surface area contributed by atoms with E-state index in [4.69, 9.17) is 23.2 Å². The molecule has 3 unspecified atom stereocenters. The fourth-order valence-corrected chi connectivity index (χ4v) is 4.82. The van der Waals surface area contributed by atoms with Gasteiger partial charge in [0.1, 0.15) is 0 Å². The number of hydrogen-bond donors (Lipinski definition) is 2. The van der Waals surface area contributed by atoms with Gasteiger partial charge >= 0.3 is 0 Å². The Kier molecular flexibility index (Phi) is 6.75. The molecule has 1 fully saturated rings. The average Bonchev–Trinajstić information content (AvgIpc) is 3.18. The van der Waals surface area contributed by atoms with Crippen molar-refractivity contribution >= 4 is 28.9 Å². The van der Waals surface area contributed by atoms with Crippen LogP contribution in [0.25, 0.3) is 0 Å². The number of hydrazine groups is 1. The second kappa shape index (κ2) is 9.66. The lowest BCUT2D eigenvalue weighted by Gasteiger charge is -2.29. The molecule has 3 aromatic rings. The number of hydrogen-bond acceptors (Lipinski definition) is 3. The van der Waals surface area contributed by atoms with E-state index in [9.17, 15) is 0 Å². The number of nitrogens with one attached hydrogen (secondary N) is 2. The zero-order chi connectivity index (χ0) is 20.1. The Bertz CT molecular complexity index is 878. The lowest BCUT2D eigenvalue weighted by molar-refractivity contribution is 0.294. The number of nitrogens with zero attached hydrogens (tertiary/aromatic N) is 2. The molecule has 0 aliphatic heterocycles. The second-order valence-corrected chi connectivity index (χ2v) is 8.57. The highest BCUT2D eigenvalue weighted by molar-refractivity contribution is 6.39. The smallest absolute Gasteiger partial charge is 0.0948 e. The fraction of sp³-hybridized carbons (Fsp3) is 0.348. The van der Waals surface area contributed by atoms with Gasteiger partial charge in [0.15, 0.2) is 0 Å². The molecule has 1 aliphatic rings. The summed E-state index contributed by atoms with van der Waals surface area (Å²) in [4.78, 5) is 4.30. The number of halogens is 2. The van der Waals surface area contributed by atoms with Gasteiger partial charge < -0.3 is 9.99 Å². The van der Waals surface area contributed by atoms with E-state index >= 15 is 0 Å². The third-order valence-corrected chi connectivity index (χ3v) is 6.44. The zero-order valence-corrected chi connectivity index (χ0v) is 17.8. The first kappa shape index (κ1) is 20.3. The normalized spacial score (nSPS) is 22.2. The molecule has 2 N–H and O–H groups in total. The zero-order valence-electron chi connectivity index (χ0n) is 16.3. The molecule has 29 heavy (non-hydrogen) atoms. The van der Waals surface area contributed by atoms with Crippen molar-refractivity contribution in [2.24, 2.45) is 5.92 Å². The largest absolute Gasteiger partial charge is 0.334 e. The molecular weight excluding hydrogens is 403 g/mol. The van der Waals surface area contributed by atoms with Gasteiger partial charge in [-0.1, -0.05) is 66.0 Å². The van der Waals surface area contributed by atoms with Crippen LogP contribution < -0.4 is 10.9 Å². The summed E-state index contributed by atoms with van der Waals surface area (Å²) in [7, 11) is 0. The van der Waals surface area contributed by atoms with Crippen LogP contribution in [0.3, 0.4) is 0 Å². The molecule has 3 atom stereocenters. The van der Waals surface area contributed by atoms with Crippen molar-refractivity contribution in [1.29, 1.82) is 0 Å². The van der Waals surface area contributed by atoms with E-state index in [1.54, 1.807) is 0 Å². The SMILES string of the molecule is Clc1cccc(Cl)c1NNC1CCCC(Cc2ccccc2)C(n2ccnc2)C1. The molecule has 0 spiro atoms. The number of imidazole rings is 1. The van der Waals surface area contributed by atoms with E-state index in [0.717, 1.165) is 24.9 Å². The molecule has 1 aromatic heterocycles. The van der Waals surface area contributed by atoms with Crippen molar-refractivity contribution in [3.8, 4) is 0 Å². The van der Waals surface area contributed by atoms with E-state index in [-0.39, 0.29) is 0 Å². The van der Waals surface area contributed by atoms with Gasteiger partial charge in [0, 0.05) is 24.5 Å². The minimum absolute atomic E-state index is 0.315. The molecule has 4 rings (SSSR count). The summed E-state index contributed by atoms with van der Waals surface area (Å²) >= 11 is 12.6. The standard InChI is InChI=1S/C23H26Cl2N4/c24-20-10-5-11-21(25)23(20)28-27-19-9-4-8-18(14-17-6-2-1-3-7-17)22(15-19)29-13-12-26-16-29/h1-3,5-7,10-13,16,18-19,22,27-28H,4,8-9,14-15H2. The molecule has 0 bridgehead atoms. The van der Waals surface area contributed by atoms with Gasteiger partial charge in [-0.05, 0) is 49.3 Å². The Morgan fingerprint density at radius 3 is 2.52 bits per heavy atom. The van der Waals surface area contributed by atoms with E-state index in [0.29, 0.717) is 28.0 Å². The van der Waals surface area contributed by atoms with Crippen molar-refractivity contribution in [3.63, 3.8) is 0 Å². The summed E-state index contributed by atoms with van der Waals surface area (Å²) in [6.45, 7) is 0. The molecule has 6 heteroatoms. The third-order valence-electron chi connectivity index (χ3n) is 5.81. The van der Waals surface area contributed by atoms with Gasteiger partial charge in [-0.25, -0.2) is 10.4 Å². The Morgan fingerprint density at radius 2 is 1.79 bits per heavy atom. The lowest BCUT2D eigenvalue weighted by atomic mass is 9.88. The Labute approximate surface area is 182 Å². The Morgan fingerprint density at radius 1 is 1.00 bits per heavy atom. The van der Waals surface area contributed by atoms with Crippen LogP contribution >= 0.6 is 23.2 Å². The van der Waals surface area contributed by atoms with Gasteiger partial charge in [-0.2, -0.15) is 0 Å². The maximum absolute atomic E-state index is 6.30. The Balaban J connectivity index is 1.49. The molecule has 1 heterocycles. The molecule has 152 valence electrons. The van der Waals surface area contributed by atoms with E-state index < -0.39 is 0 Å². The number of anilines is 1. The monoisotopic (exact) mass is 428 g/mol. The molecular formula is C23H26Cl2N4. The van der Waals surface area contributed by atoms with E-state index in [1.807, 2.05) is 30.7 Å². The average molecular weight is 429 g/mol. The molecule has 0 saturated heterocycles. The van der Waals surface area contributed by atoms with Crippen molar-refractivity contribution in [2.45, 2.75) is 44.2 Å². The van der Waals surface area contributed by atoms with Crippen molar-refractivity contribution in [2.75, 3.05) is 5.43 Å². The van der Waals surface area contributed by atoms with E-state index in [2.05, 4.69) is 56.9 Å². The van der Waals surface area contributed by atoms with Gasteiger partial charge in [-0.3, -0.25) is 0 Å². The van der Waals surface area contributed by atoms with Gasteiger partial charge in [0.05, 0.1) is 22.1 Å². The van der Waals surface area contributed by atoms with Gasteiger partial charge in [-0.15, -0.1) is 0 Å². The molecule has 2 aromatic carbocycles. The van der Waals surface area contributed by atoms with Crippen LogP contribution in [0.1, 0.15) is 37.3 Å². The second-order valence-electron chi connectivity index (χ2n) is 7.76. The number of benzene rings is 2. The predicted octanol–water partition coefficient (Wildman–Crippen LogP) is 6.15. The Hall–Kier alpha value is -2.01. The molecule has 0 radical (unpaired) electrons. The molecule has 1 aliphatic carbocycles. The summed E-state index contributed by atoms with van der Waals surface area (Å²) in [6, 6.07) is 17.0. The van der Waals surface area contributed by atoms with Crippen molar-refractivity contribution in [3.05, 3.63) is 82.9 Å². The summed E-state index contributed by atoms with van der Waals surface area (Å²) < 4.78 is 2.27. The van der Waals surface area contributed by atoms with Crippen LogP contribution in [0.5, 0.6) is 0 Å². The summed E-state index contributed by atoms with van der Waals surface area (Å²) in [6.07, 6.45) is 11.5. The topological polar surface area (TPSA) is 41.9 Å². The maximum Gasteiger partial charge on any atom is 0.0948 e. The quantitative estimate of drug-likeness (QED) is 0.365. The van der Waals surface area contributed by atoms with Crippen LogP contribution in [0.15, 0.2) is 67.3 Å². The van der Waals surface area contributed by atoms with Crippen LogP contribution in [0.4, 0.5) is 5.69 Å². The predicted molar refractivity (Wildman–Crippen MR) is 120 cm³/mol. The van der Waals surface area contributed by atoms with Crippen LogP contribution in [0.2, 0.25) is 10.0 Å². The molecule has 1 saturated carbocycles.